The first-order valence-electron chi connectivity index (χ1n) is 8.42. The molecule has 1 heterocycles. The molecule has 0 aliphatic rings. The lowest BCUT2D eigenvalue weighted by atomic mass is 10.2. The molecule has 3 rings (SSSR count). The van der Waals surface area contributed by atoms with Crippen LogP contribution < -0.4 is 15.5 Å². The molecule has 2 amide bonds. The van der Waals surface area contributed by atoms with Gasteiger partial charge in [0.15, 0.2) is 12.0 Å². The maximum Gasteiger partial charge on any atom is 0.387 e. The van der Waals surface area contributed by atoms with E-state index in [2.05, 4.69) is 4.74 Å². The number of hydrogen-bond acceptors (Lipinski definition) is 7. The first kappa shape index (κ1) is 20.6. The standard InChI is InChI=1S/C20H13F2NO7/c21-20(22)29-12-7-5-11(6-8-12)18(26)23-17(25)10-28-19(27)16-9-14(24)13-3-1-2-4-15(13)30-16/h1-9,20H,10H2,(H,23,25,26). The van der Waals surface area contributed by atoms with Gasteiger partial charge in [0.1, 0.15) is 11.3 Å². The number of amides is 2. The number of rotatable bonds is 6. The molecule has 2 aromatic carbocycles. The van der Waals surface area contributed by atoms with Crippen LogP contribution in [0.15, 0.2) is 63.8 Å². The van der Waals surface area contributed by atoms with Gasteiger partial charge in [-0.15, -0.1) is 0 Å². The zero-order chi connectivity index (χ0) is 21.7. The van der Waals surface area contributed by atoms with Crippen molar-refractivity contribution in [3.05, 3.63) is 76.1 Å². The lowest BCUT2D eigenvalue weighted by Gasteiger charge is -2.07. The highest BCUT2D eigenvalue weighted by molar-refractivity contribution is 6.05. The number of halogens is 2. The smallest absolute Gasteiger partial charge is 0.387 e. The molecule has 30 heavy (non-hydrogen) atoms. The maximum absolute atomic E-state index is 12.1. The number of carbonyl (C=O) groups excluding carboxylic acids is 3. The first-order chi connectivity index (χ1) is 14.3. The lowest BCUT2D eigenvalue weighted by Crippen LogP contribution is -2.34. The summed E-state index contributed by atoms with van der Waals surface area (Å²) in [6.07, 6.45) is 0. The Morgan fingerprint density at radius 3 is 2.43 bits per heavy atom. The van der Waals surface area contributed by atoms with Gasteiger partial charge in [0.25, 0.3) is 11.8 Å². The van der Waals surface area contributed by atoms with Crippen LogP contribution in [0.1, 0.15) is 20.9 Å². The van der Waals surface area contributed by atoms with Gasteiger partial charge >= 0.3 is 12.6 Å². The van der Waals surface area contributed by atoms with Gasteiger partial charge in [0.05, 0.1) is 5.39 Å². The van der Waals surface area contributed by atoms with E-state index in [4.69, 9.17) is 9.15 Å². The van der Waals surface area contributed by atoms with E-state index in [0.29, 0.717) is 0 Å². The summed E-state index contributed by atoms with van der Waals surface area (Å²) < 4.78 is 38.4. The quantitative estimate of drug-likeness (QED) is 0.614. The summed E-state index contributed by atoms with van der Waals surface area (Å²) in [6.45, 7) is -3.82. The molecule has 0 bridgehead atoms. The van der Waals surface area contributed by atoms with Gasteiger partial charge in [0.2, 0.25) is 5.76 Å². The predicted molar refractivity (Wildman–Crippen MR) is 98.3 cm³/mol. The van der Waals surface area contributed by atoms with E-state index >= 15 is 0 Å². The third-order valence-electron chi connectivity index (χ3n) is 3.76. The summed E-state index contributed by atoms with van der Waals surface area (Å²) in [5.74, 6) is -3.39. The molecule has 0 saturated heterocycles. The number of imide groups is 1. The Hall–Kier alpha value is -4.08. The Bertz CT molecular complexity index is 1160. The molecule has 0 radical (unpaired) electrons. The van der Waals surface area contributed by atoms with E-state index < -0.39 is 42.2 Å². The normalized spacial score (nSPS) is 10.6. The number of alkyl halides is 2. The molecule has 3 aromatic rings. The van der Waals surface area contributed by atoms with Crippen molar-refractivity contribution in [2.75, 3.05) is 6.61 Å². The minimum absolute atomic E-state index is 0.00295. The summed E-state index contributed by atoms with van der Waals surface area (Å²) in [5, 5.41) is 2.25. The van der Waals surface area contributed by atoms with Crippen LogP contribution in [-0.4, -0.2) is 31.0 Å². The molecule has 0 saturated carbocycles. The predicted octanol–water partition coefficient (Wildman–Crippen LogP) is 2.51. The van der Waals surface area contributed by atoms with Crippen molar-refractivity contribution in [1.29, 1.82) is 0 Å². The van der Waals surface area contributed by atoms with E-state index in [1.165, 1.54) is 24.3 Å². The summed E-state index contributed by atoms with van der Waals surface area (Å²) >= 11 is 0. The molecular weight excluding hydrogens is 404 g/mol. The van der Waals surface area contributed by atoms with Crippen LogP contribution in [0.2, 0.25) is 0 Å². The molecule has 1 N–H and O–H groups in total. The van der Waals surface area contributed by atoms with Crippen LogP contribution in [0.3, 0.4) is 0 Å². The van der Waals surface area contributed by atoms with E-state index in [1.807, 2.05) is 5.32 Å². The fourth-order valence-electron chi connectivity index (χ4n) is 2.43. The number of para-hydroxylation sites is 1. The average molecular weight is 417 g/mol. The monoisotopic (exact) mass is 417 g/mol. The first-order valence-corrected chi connectivity index (χ1v) is 8.42. The van der Waals surface area contributed by atoms with Gasteiger partial charge in [-0.3, -0.25) is 19.7 Å². The highest BCUT2D eigenvalue weighted by Crippen LogP contribution is 2.15. The van der Waals surface area contributed by atoms with Crippen LogP contribution in [0.5, 0.6) is 5.75 Å². The third-order valence-corrected chi connectivity index (χ3v) is 3.76. The second-order valence-corrected chi connectivity index (χ2v) is 5.83. The van der Waals surface area contributed by atoms with Crippen LogP contribution in [0, 0.1) is 0 Å². The molecule has 0 aliphatic heterocycles. The molecule has 0 spiro atoms. The molecule has 0 fully saturated rings. The van der Waals surface area contributed by atoms with Crippen LogP contribution in [-0.2, 0) is 9.53 Å². The number of nitrogens with one attached hydrogen (secondary N) is 1. The Labute approximate surface area is 167 Å². The fraction of sp³-hybridized carbons (Fsp3) is 0.100. The van der Waals surface area contributed by atoms with Crippen LogP contribution in [0.25, 0.3) is 11.0 Å². The topological polar surface area (TPSA) is 112 Å². The molecule has 0 unspecified atom stereocenters. The van der Waals surface area contributed by atoms with Gasteiger partial charge in [-0.05, 0) is 36.4 Å². The molecule has 154 valence electrons. The molecule has 8 nitrogen and oxygen atoms in total. The highest BCUT2D eigenvalue weighted by atomic mass is 19.3. The second kappa shape index (κ2) is 8.95. The maximum atomic E-state index is 12.1. The van der Waals surface area contributed by atoms with Crippen molar-refractivity contribution < 1.29 is 37.1 Å². The SMILES string of the molecule is O=C(COC(=O)c1cc(=O)c2ccccc2o1)NC(=O)c1ccc(OC(F)F)cc1. The Morgan fingerprint density at radius 2 is 1.73 bits per heavy atom. The van der Waals surface area contributed by atoms with E-state index in [9.17, 15) is 28.0 Å². The lowest BCUT2D eigenvalue weighted by molar-refractivity contribution is -0.123. The van der Waals surface area contributed by atoms with Gasteiger partial charge in [0, 0.05) is 11.6 Å². The van der Waals surface area contributed by atoms with E-state index in [1.54, 1.807) is 12.1 Å². The van der Waals surface area contributed by atoms with Gasteiger partial charge in [-0.1, -0.05) is 12.1 Å². The highest BCUT2D eigenvalue weighted by Gasteiger charge is 2.17. The van der Waals surface area contributed by atoms with Crippen molar-refractivity contribution in [2.45, 2.75) is 6.61 Å². The second-order valence-electron chi connectivity index (χ2n) is 5.83. The Balaban J connectivity index is 1.57. The summed E-state index contributed by atoms with van der Waals surface area (Å²) in [7, 11) is 0. The molecular formula is C20H13F2NO7. The Morgan fingerprint density at radius 1 is 1.03 bits per heavy atom. The van der Waals surface area contributed by atoms with Gasteiger partial charge < -0.3 is 13.9 Å². The molecule has 0 atom stereocenters. The average Bonchev–Trinajstić information content (AvgIpc) is 2.72. The molecule has 0 aliphatic carbocycles. The number of carbonyl (C=O) groups is 3. The number of benzene rings is 2. The minimum atomic E-state index is -3.01. The van der Waals surface area contributed by atoms with Crippen molar-refractivity contribution in [1.82, 2.24) is 5.32 Å². The fourth-order valence-corrected chi connectivity index (χ4v) is 2.43. The van der Waals surface area contributed by atoms with E-state index in [0.717, 1.165) is 18.2 Å². The molecule has 10 heteroatoms. The minimum Gasteiger partial charge on any atom is -0.450 e. The van der Waals surface area contributed by atoms with Crippen molar-refractivity contribution in [2.24, 2.45) is 0 Å². The van der Waals surface area contributed by atoms with Crippen molar-refractivity contribution in [3.8, 4) is 5.75 Å². The number of hydrogen-bond donors (Lipinski definition) is 1. The molecule has 1 aromatic heterocycles. The number of esters is 1. The van der Waals surface area contributed by atoms with Crippen molar-refractivity contribution in [3.63, 3.8) is 0 Å². The van der Waals surface area contributed by atoms with Crippen LogP contribution >= 0.6 is 0 Å². The summed E-state index contributed by atoms with van der Waals surface area (Å²) in [5.41, 5.74) is -0.282. The van der Waals surface area contributed by atoms with E-state index in [-0.39, 0.29) is 22.3 Å². The third kappa shape index (κ3) is 5.04. The Kier molecular flexibility index (Phi) is 6.16. The largest absolute Gasteiger partial charge is 0.450 e. The van der Waals surface area contributed by atoms with Crippen molar-refractivity contribution >= 4 is 28.8 Å². The summed E-state index contributed by atoms with van der Waals surface area (Å²) in [6, 6.07) is 11.8. The van der Waals surface area contributed by atoms with Crippen LogP contribution in [0.4, 0.5) is 8.78 Å². The van der Waals surface area contributed by atoms with Gasteiger partial charge in [-0.2, -0.15) is 8.78 Å². The van der Waals surface area contributed by atoms with Gasteiger partial charge in [-0.25, -0.2) is 4.79 Å². The zero-order valence-electron chi connectivity index (χ0n) is 15.1. The number of fused-ring (bicyclic) bond motifs is 1. The summed E-state index contributed by atoms with van der Waals surface area (Å²) in [4.78, 5) is 47.8. The zero-order valence-corrected chi connectivity index (χ0v) is 15.1. The number of ether oxygens (including phenoxy) is 2.